The van der Waals surface area contributed by atoms with Crippen LogP contribution in [0.1, 0.15) is 17.9 Å². The number of ether oxygens (including phenoxy) is 1. The highest BCUT2D eigenvalue weighted by Gasteiger charge is 2.40. The van der Waals surface area contributed by atoms with E-state index in [2.05, 4.69) is 17.5 Å². The number of carboxylic acids is 1. The van der Waals surface area contributed by atoms with Gasteiger partial charge in [-0.1, -0.05) is 12.2 Å². The number of hydrogen-bond acceptors (Lipinski definition) is 3. The summed E-state index contributed by atoms with van der Waals surface area (Å²) < 4.78 is 5.23. The molecule has 1 heterocycles. The molecule has 4 heteroatoms. The van der Waals surface area contributed by atoms with E-state index in [-0.39, 0.29) is 11.8 Å². The second-order valence-electron chi connectivity index (χ2n) is 4.77. The van der Waals surface area contributed by atoms with Crippen molar-refractivity contribution in [3.8, 4) is 5.75 Å². The van der Waals surface area contributed by atoms with Gasteiger partial charge in [-0.05, 0) is 30.2 Å². The number of carboxylic acid groups (broad SMARTS) is 1. The first kappa shape index (κ1) is 11.1. The van der Waals surface area contributed by atoms with Crippen molar-refractivity contribution in [2.45, 2.75) is 18.4 Å². The van der Waals surface area contributed by atoms with Crippen LogP contribution in [0.5, 0.6) is 5.75 Å². The van der Waals surface area contributed by atoms with Crippen LogP contribution in [-0.2, 0) is 4.79 Å². The number of aliphatic carboxylic acids is 1. The summed E-state index contributed by atoms with van der Waals surface area (Å²) in [7, 11) is 1.64. The Morgan fingerprint density at radius 3 is 3.06 bits per heavy atom. The Kier molecular flexibility index (Phi) is 2.51. The van der Waals surface area contributed by atoms with Crippen molar-refractivity contribution in [3.63, 3.8) is 0 Å². The molecule has 0 unspecified atom stereocenters. The van der Waals surface area contributed by atoms with Crippen molar-refractivity contribution in [2.24, 2.45) is 5.92 Å². The fourth-order valence-electron chi connectivity index (χ4n) is 2.94. The highest BCUT2D eigenvalue weighted by atomic mass is 16.5. The van der Waals surface area contributed by atoms with E-state index in [9.17, 15) is 9.90 Å². The highest BCUT2D eigenvalue weighted by Crippen LogP contribution is 2.45. The SMILES string of the molecule is COc1ccc2c(c1)[C@H]1C=CC[C@H]1[C@H](C(=O)O)N2. The van der Waals surface area contributed by atoms with Gasteiger partial charge in [0.1, 0.15) is 11.8 Å². The number of fused-ring (bicyclic) bond motifs is 3. The van der Waals surface area contributed by atoms with Crippen LogP contribution >= 0.6 is 0 Å². The standard InChI is InChI=1S/C14H15NO3/c1-18-8-5-6-12-11(7-8)9-3-2-4-10(9)13(15-12)14(16)17/h2-3,5-7,9-10,13,15H,4H2,1H3,(H,16,17)/t9-,10+,13+/m0/s1. The fourth-order valence-corrected chi connectivity index (χ4v) is 2.94. The third-order valence-corrected chi connectivity index (χ3v) is 3.84. The van der Waals surface area contributed by atoms with E-state index in [4.69, 9.17) is 4.74 Å². The Morgan fingerprint density at radius 2 is 2.33 bits per heavy atom. The maximum atomic E-state index is 11.3. The van der Waals surface area contributed by atoms with Gasteiger partial charge < -0.3 is 15.2 Å². The minimum absolute atomic E-state index is 0.0992. The lowest BCUT2D eigenvalue weighted by Crippen LogP contribution is -2.41. The molecule has 0 bridgehead atoms. The minimum atomic E-state index is -0.782. The summed E-state index contributed by atoms with van der Waals surface area (Å²) in [6.07, 6.45) is 4.99. The predicted octanol–water partition coefficient (Wildman–Crippen LogP) is 2.23. The molecule has 1 aromatic carbocycles. The van der Waals surface area contributed by atoms with Crippen molar-refractivity contribution in [1.29, 1.82) is 0 Å². The molecule has 3 atom stereocenters. The van der Waals surface area contributed by atoms with Gasteiger partial charge in [-0.3, -0.25) is 0 Å². The quantitative estimate of drug-likeness (QED) is 0.784. The Morgan fingerprint density at radius 1 is 1.50 bits per heavy atom. The van der Waals surface area contributed by atoms with E-state index >= 15 is 0 Å². The van der Waals surface area contributed by atoms with Crippen molar-refractivity contribution < 1.29 is 14.6 Å². The average molecular weight is 245 g/mol. The molecule has 1 aliphatic heterocycles. The van der Waals surface area contributed by atoms with Crippen molar-refractivity contribution in [3.05, 3.63) is 35.9 Å². The van der Waals surface area contributed by atoms with Crippen LogP contribution in [-0.4, -0.2) is 24.2 Å². The van der Waals surface area contributed by atoms with E-state index in [1.54, 1.807) is 7.11 Å². The van der Waals surface area contributed by atoms with E-state index < -0.39 is 12.0 Å². The number of rotatable bonds is 2. The Bertz CT molecular complexity index is 524. The van der Waals surface area contributed by atoms with Gasteiger partial charge in [-0.15, -0.1) is 0 Å². The normalized spacial score (nSPS) is 28.2. The second kappa shape index (κ2) is 4.05. The van der Waals surface area contributed by atoms with Gasteiger partial charge in [0.2, 0.25) is 0 Å². The zero-order valence-electron chi connectivity index (χ0n) is 10.1. The molecule has 2 aliphatic rings. The van der Waals surface area contributed by atoms with Crippen LogP contribution in [0.15, 0.2) is 30.4 Å². The molecule has 94 valence electrons. The monoisotopic (exact) mass is 245 g/mol. The molecule has 2 N–H and O–H groups in total. The largest absolute Gasteiger partial charge is 0.497 e. The third kappa shape index (κ3) is 1.56. The Labute approximate surface area is 105 Å². The number of allylic oxidation sites excluding steroid dienone is 2. The van der Waals surface area contributed by atoms with Crippen molar-refractivity contribution in [1.82, 2.24) is 0 Å². The highest BCUT2D eigenvalue weighted by molar-refractivity contribution is 5.80. The summed E-state index contributed by atoms with van der Waals surface area (Å²) in [4.78, 5) is 11.3. The fraction of sp³-hybridized carbons (Fsp3) is 0.357. The van der Waals surface area contributed by atoms with Gasteiger partial charge in [0.15, 0.2) is 0 Å². The lowest BCUT2D eigenvalue weighted by atomic mass is 9.79. The lowest BCUT2D eigenvalue weighted by molar-refractivity contribution is -0.139. The summed E-state index contributed by atoms with van der Waals surface area (Å²) in [5.74, 6) is 0.304. The first-order chi connectivity index (χ1) is 8.70. The molecule has 0 fully saturated rings. The molecule has 18 heavy (non-hydrogen) atoms. The van der Waals surface area contributed by atoms with Crippen LogP contribution in [0.4, 0.5) is 5.69 Å². The van der Waals surface area contributed by atoms with E-state index in [1.807, 2.05) is 18.2 Å². The molecule has 0 amide bonds. The van der Waals surface area contributed by atoms with Crippen LogP contribution in [0.25, 0.3) is 0 Å². The zero-order chi connectivity index (χ0) is 12.7. The van der Waals surface area contributed by atoms with Gasteiger partial charge in [0, 0.05) is 17.5 Å². The average Bonchev–Trinajstić information content (AvgIpc) is 2.86. The third-order valence-electron chi connectivity index (χ3n) is 3.84. The number of nitrogens with one attached hydrogen (secondary N) is 1. The summed E-state index contributed by atoms with van der Waals surface area (Å²) >= 11 is 0. The van der Waals surface area contributed by atoms with Crippen LogP contribution < -0.4 is 10.1 Å². The van der Waals surface area contributed by atoms with Gasteiger partial charge in [0.05, 0.1) is 7.11 Å². The molecule has 0 saturated heterocycles. The first-order valence-electron chi connectivity index (χ1n) is 6.04. The maximum absolute atomic E-state index is 11.3. The number of hydrogen-bond donors (Lipinski definition) is 2. The maximum Gasteiger partial charge on any atom is 0.326 e. The van der Waals surface area contributed by atoms with E-state index in [0.29, 0.717) is 0 Å². The number of carbonyl (C=O) groups is 1. The smallest absolute Gasteiger partial charge is 0.326 e. The number of benzene rings is 1. The van der Waals surface area contributed by atoms with Crippen LogP contribution in [0.3, 0.4) is 0 Å². The van der Waals surface area contributed by atoms with Crippen molar-refractivity contribution >= 4 is 11.7 Å². The van der Waals surface area contributed by atoms with Gasteiger partial charge >= 0.3 is 5.97 Å². The number of anilines is 1. The first-order valence-corrected chi connectivity index (χ1v) is 6.04. The summed E-state index contributed by atoms with van der Waals surface area (Å²) in [6.45, 7) is 0. The zero-order valence-corrected chi connectivity index (χ0v) is 10.1. The molecule has 1 aliphatic carbocycles. The molecule has 0 spiro atoms. The molecule has 0 aromatic heterocycles. The Hall–Kier alpha value is -1.97. The molecule has 3 rings (SSSR count). The molecular weight excluding hydrogens is 230 g/mol. The van der Waals surface area contributed by atoms with Gasteiger partial charge in [-0.2, -0.15) is 0 Å². The van der Waals surface area contributed by atoms with E-state index in [1.165, 1.54) is 0 Å². The Balaban J connectivity index is 2.06. The molecular formula is C14H15NO3. The van der Waals surface area contributed by atoms with Gasteiger partial charge in [0.25, 0.3) is 0 Å². The molecule has 0 radical (unpaired) electrons. The molecule has 1 aromatic rings. The topological polar surface area (TPSA) is 58.6 Å². The molecule has 0 saturated carbocycles. The van der Waals surface area contributed by atoms with Gasteiger partial charge in [-0.25, -0.2) is 4.79 Å². The second-order valence-corrected chi connectivity index (χ2v) is 4.77. The molecule has 4 nitrogen and oxygen atoms in total. The van der Waals surface area contributed by atoms with Crippen molar-refractivity contribution in [2.75, 3.05) is 12.4 Å². The van der Waals surface area contributed by atoms with Crippen LogP contribution in [0, 0.1) is 5.92 Å². The number of methoxy groups -OCH3 is 1. The van der Waals surface area contributed by atoms with E-state index in [0.717, 1.165) is 23.4 Å². The summed E-state index contributed by atoms with van der Waals surface area (Å²) in [5.41, 5.74) is 2.03. The summed E-state index contributed by atoms with van der Waals surface area (Å²) in [6, 6.07) is 5.23. The predicted molar refractivity (Wildman–Crippen MR) is 68.0 cm³/mol. The summed E-state index contributed by atoms with van der Waals surface area (Å²) in [5, 5.41) is 12.4. The van der Waals surface area contributed by atoms with Crippen LogP contribution in [0.2, 0.25) is 0 Å². The minimum Gasteiger partial charge on any atom is -0.497 e. The lowest BCUT2D eigenvalue weighted by Gasteiger charge is -2.34.